The third-order valence-electron chi connectivity index (χ3n) is 5.44. The molecule has 0 aliphatic heterocycles. The Morgan fingerprint density at radius 1 is 1.00 bits per heavy atom. The zero-order chi connectivity index (χ0) is 24.3. The van der Waals surface area contributed by atoms with Gasteiger partial charge in [0.2, 0.25) is 5.28 Å². The van der Waals surface area contributed by atoms with Crippen molar-refractivity contribution in [1.29, 1.82) is 0 Å². The number of rotatable bonds is 6. The molecule has 34 heavy (non-hydrogen) atoms. The maximum atomic E-state index is 12.8. The minimum Gasteiger partial charge on any atom is -0.458 e. The van der Waals surface area contributed by atoms with Gasteiger partial charge in [0.1, 0.15) is 18.2 Å². The van der Waals surface area contributed by atoms with Gasteiger partial charge in [-0.1, -0.05) is 48.5 Å². The largest absolute Gasteiger partial charge is 0.458 e. The molecule has 1 aliphatic rings. The SMILES string of the molecule is CC(C)(C)OC(=O)[C@H](Cc1cnc(Cl)nc1)NC(=O)OCC1c2ccccc2-c2ccccc21. The monoisotopic (exact) mass is 479 g/mol. The number of fused-ring (bicyclic) bond motifs is 3. The molecule has 2 aromatic carbocycles. The highest BCUT2D eigenvalue weighted by atomic mass is 35.5. The molecule has 0 saturated carbocycles. The van der Waals surface area contributed by atoms with Crippen LogP contribution in [0.4, 0.5) is 4.79 Å². The second kappa shape index (κ2) is 9.81. The van der Waals surface area contributed by atoms with Crippen molar-refractivity contribution in [3.05, 3.63) is 82.9 Å². The molecule has 1 aliphatic carbocycles. The zero-order valence-electron chi connectivity index (χ0n) is 19.2. The van der Waals surface area contributed by atoms with E-state index in [1.54, 1.807) is 20.8 Å². The fourth-order valence-electron chi connectivity index (χ4n) is 4.03. The first-order chi connectivity index (χ1) is 16.2. The minimum absolute atomic E-state index is 0.0807. The van der Waals surface area contributed by atoms with Gasteiger partial charge in [-0.05, 0) is 60.2 Å². The van der Waals surface area contributed by atoms with Gasteiger partial charge in [-0.25, -0.2) is 19.6 Å². The standard InChI is InChI=1S/C26H26ClN3O4/c1-26(2,3)34-23(31)22(12-16-13-28-24(27)29-14-16)30-25(32)33-15-21-19-10-6-4-8-17(19)18-9-5-7-11-20(18)21/h4-11,13-14,21-22H,12,15H2,1-3H3,(H,30,32)/t22-/m0/s1. The van der Waals surface area contributed by atoms with Gasteiger partial charge in [0, 0.05) is 24.7 Å². The summed E-state index contributed by atoms with van der Waals surface area (Å²) in [6, 6.07) is 15.2. The van der Waals surface area contributed by atoms with Crippen LogP contribution in [0.5, 0.6) is 0 Å². The van der Waals surface area contributed by atoms with Crippen LogP contribution in [0.3, 0.4) is 0 Å². The summed E-state index contributed by atoms with van der Waals surface area (Å²) in [5.41, 5.74) is 4.41. The lowest BCUT2D eigenvalue weighted by atomic mass is 9.98. The predicted octanol–water partition coefficient (Wildman–Crippen LogP) is 4.92. The van der Waals surface area contributed by atoms with E-state index >= 15 is 0 Å². The normalized spacial score (nSPS) is 13.5. The summed E-state index contributed by atoms with van der Waals surface area (Å²) >= 11 is 5.75. The number of nitrogens with one attached hydrogen (secondary N) is 1. The van der Waals surface area contributed by atoms with Crippen LogP contribution < -0.4 is 5.32 Å². The summed E-state index contributed by atoms with van der Waals surface area (Å²) in [7, 11) is 0. The van der Waals surface area contributed by atoms with Crippen LogP contribution >= 0.6 is 11.6 Å². The second-order valence-electron chi connectivity index (χ2n) is 9.12. The van der Waals surface area contributed by atoms with E-state index in [4.69, 9.17) is 21.1 Å². The molecule has 1 N–H and O–H groups in total. The van der Waals surface area contributed by atoms with Gasteiger partial charge in [-0.2, -0.15) is 0 Å². The molecule has 8 heteroatoms. The number of carbonyl (C=O) groups excluding carboxylic acids is 2. The minimum atomic E-state index is -0.973. The first-order valence-corrected chi connectivity index (χ1v) is 11.4. The number of amides is 1. The number of halogens is 1. The van der Waals surface area contributed by atoms with Crippen LogP contribution in [0, 0.1) is 0 Å². The number of nitrogens with zero attached hydrogens (tertiary/aromatic N) is 2. The van der Waals surface area contributed by atoms with Crippen LogP contribution in [-0.2, 0) is 20.7 Å². The van der Waals surface area contributed by atoms with Crippen LogP contribution in [-0.4, -0.2) is 40.3 Å². The molecule has 176 valence electrons. The van der Waals surface area contributed by atoms with E-state index in [0.717, 1.165) is 22.3 Å². The predicted molar refractivity (Wildman–Crippen MR) is 129 cm³/mol. The number of esters is 1. The molecule has 0 fully saturated rings. The van der Waals surface area contributed by atoms with E-state index in [-0.39, 0.29) is 24.2 Å². The van der Waals surface area contributed by atoms with Crippen molar-refractivity contribution in [3.8, 4) is 11.1 Å². The Morgan fingerprint density at radius 3 is 2.12 bits per heavy atom. The van der Waals surface area contributed by atoms with Gasteiger partial charge in [-0.15, -0.1) is 0 Å². The van der Waals surface area contributed by atoms with E-state index < -0.39 is 23.7 Å². The van der Waals surface area contributed by atoms with E-state index in [9.17, 15) is 9.59 Å². The Kier molecular flexibility index (Phi) is 6.84. The smallest absolute Gasteiger partial charge is 0.407 e. The highest BCUT2D eigenvalue weighted by Gasteiger charge is 2.31. The molecule has 4 rings (SSSR count). The quantitative estimate of drug-likeness (QED) is 0.398. The fraction of sp³-hybridized carbons (Fsp3) is 0.308. The van der Waals surface area contributed by atoms with Crippen LogP contribution in [0.25, 0.3) is 11.1 Å². The van der Waals surface area contributed by atoms with Crippen molar-refractivity contribution >= 4 is 23.7 Å². The highest BCUT2D eigenvalue weighted by molar-refractivity contribution is 6.28. The van der Waals surface area contributed by atoms with Crippen LogP contribution in [0.1, 0.15) is 43.4 Å². The van der Waals surface area contributed by atoms with Crippen molar-refractivity contribution in [3.63, 3.8) is 0 Å². The molecular formula is C26H26ClN3O4. The highest BCUT2D eigenvalue weighted by Crippen LogP contribution is 2.44. The van der Waals surface area contributed by atoms with E-state index in [1.165, 1.54) is 12.4 Å². The molecule has 1 aromatic heterocycles. The molecule has 0 bridgehead atoms. The first-order valence-electron chi connectivity index (χ1n) is 11.0. The van der Waals surface area contributed by atoms with Crippen molar-refractivity contribution in [2.45, 2.75) is 44.8 Å². The third-order valence-corrected chi connectivity index (χ3v) is 5.64. The van der Waals surface area contributed by atoms with E-state index in [1.807, 2.05) is 36.4 Å². The number of alkyl carbamates (subject to hydrolysis) is 1. The molecule has 1 atom stereocenters. The average molecular weight is 480 g/mol. The van der Waals surface area contributed by atoms with Gasteiger partial charge < -0.3 is 14.8 Å². The number of hydrogen-bond acceptors (Lipinski definition) is 6. The van der Waals surface area contributed by atoms with Crippen LogP contribution in [0.2, 0.25) is 5.28 Å². The molecule has 7 nitrogen and oxygen atoms in total. The summed E-state index contributed by atoms with van der Waals surface area (Å²) in [5.74, 6) is -0.654. The topological polar surface area (TPSA) is 90.4 Å². The molecular weight excluding hydrogens is 454 g/mol. The van der Waals surface area contributed by atoms with Crippen molar-refractivity contribution in [2.75, 3.05) is 6.61 Å². The molecule has 0 saturated heterocycles. The molecule has 0 radical (unpaired) electrons. The summed E-state index contributed by atoms with van der Waals surface area (Å²) in [6.07, 6.45) is 2.45. The average Bonchev–Trinajstić information content (AvgIpc) is 3.11. The van der Waals surface area contributed by atoms with Gasteiger partial charge >= 0.3 is 12.1 Å². The van der Waals surface area contributed by atoms with E-state index in [2.05, 4.69) is 27.4 Å². The Hall–Kier alpha value is -3.45. The Balaban J connectivity index is 1.46. The summed E-state index contributed by atoms with van der Waals surface area (Å²) in [4.78, 5) is 33.4. The summed E-state index contributed by atoms with van der Waals surface area (Å²) in [6.45, 7) is 5.44. The number of aromatic nitrogens is 2. The number of benzene rings is 2. The second-order valence-corrected chi connectivity index (χ2v) is 9.46. The maximum Gasteiger partial charge on any atom is 0.407 e. The molecule has 1 amide bonds. The maximum absolute atomic E-state index is 12.8. The third kappa shape index (κ3) is 5.54. The van der Waals surface area contributed by atoms with Gasteiger partial charge in [-0.3, -0.25) is 0 Å². The number of hydrogen-bond donors (Lipinski definition) is 1. The summed E-state index contributed by atoms with van der Waals surface area (Å²) < 4.78 is 11.1. The zero-order valence-corrected chi connectivity index (χ0v) is 20.0. The van der Waals surface area contributed by atoms with Crippen molar-refractivity contribution < 1.29 is 19.1 Å². The lowest BCUT2D eigenvalue weighted by Gasteiger charge is -2.24. The van der Waals surface area contributed by atoms with Gasteiger partial charge in [0.05, 0.1) is 0 Å². The van der Waals surface area contributed by atoms with Crippen molar-refractivity contribution in [2.24, 2.45) is 0 Å². The first kappa shape index (κ1) is 23.7. The van der Waals surface area contributed by atoms with Gasteiger partial charge in [0.25, 0.3) is 0 Å². The number of ether oxygens (including phenoxy) is 2. The molecule has 3 aromatic rings. The Morgan fingerprint density at radius 2 is 1.56 bits per heavy atom. The van der Waals surface area contributed by atoms with Crippen molar-refractivity contribution in [1.82, 2.24) is 15.3 Å². The molecule has 0 spiro atoms. The number of carbonyl (C=O) groups is 2. The molecule has 1 heterocycles. The van der Waals surface area contributed by atoms with E-state index in [0.29, 0.717) is 5.56 Å². The van der Waals surface area contributed by atoms with Gasteiger partial charge in [0.15, 0.2) is 0 Å². The Labute approximate surface area is 203 Å². The summed E-state index contributed by atoms with van der Waals surface area (Å²) in [5, 5.41) is 2.75. The van der Waals surface area contributed by atoms with Crippen LogP contribution in [0.15, 0.2) is 60.9 Å². The fourth-order valence-corrected chi connectivity index (χ4v) is 4.13. The molecule has 0 unspecified atom stereocenters. The Bertz CT molecular complexity index is 1150. The lowest BCUT2D eigenvalue weighted by molar-refractivity contribution is -0.157. The lowest BCUT2D eigenvalue weighted by Crippen LogP contribution is -2.46.